The van der Waals surface area contributed by atoms with E-state index in [4.69, 9.17) is 10.5 Å². The average molecular weight is 234 g/mol. The van der Waals surface area contributed by atoms with E-state index < -0.39 is 5.60 Å². The van der Waals surface area contributed by atoms with Gasteiger partial charge in [0.1, 0.15) is 5.60 Å². The third-order valence-corrected chi connectivity index (χ3v) is 2.60. The fraction of sp³-hybridized carbons (Fsp3) is 0.462. The number of para-hydroxylation sites is 1. The van der Waals surface area contributed by atoms with Gasteiger partial charge in [-0.25, -0.2) is 4.79 Å². The zero-order valence-electron chi connectivity index (χ0n) is 10.4. The second-order valence-electron chi connectivity index (χ2n) is 5.25. The van der Waals surface area contributed by atoms with Crippen LogP contribution in [-0.4, -0.2) is 17.9 Å². The van der Waals surface area contributed by atoms with E-state index in [1.807, 2.05) is 45.0 Å². The van der Waals surface area contributed by atoms with Crippen LogP contribution in [0.3, 0.4) is 0 Å². The van der Waals surface area contributed by atoms with Crippen molar-refractivity contribution in [3.05, 3.63) is 29.8 Å². The van der Waals surface area contributed by atoms with Crippen LogP contribution in [0.25, 0.3) is 0 Å². The standard InChI is InChI=1S/C13H18N2O2/c1-13(2,3)17-12(16)15-10-7-5-4-6-9(10)8-11(15)14/h4-7,11H,8,14H2,1-3H3. The van der Waals surface area contributed by atoms with E-state index in [2.05, 4.69) is 0 Å². The third-order valence-electron chi connectivity index (χ3n) is 2.60. The first-order valence-electron chi connectivity index (χ1n) is 5.74. The monoisotopic (exact) mass is 234 g/mol. The number of hydrogen-bond acceptors (Lipinski definition) is 3. The Kier molecular flexibility index (Phi) is 2.83. The molecule has 1 aliphatic rings. The molecule has 1 amide bonds. The highest BCUT2D eigenvalue weighted by molar-refractivity contribution is 5.91. The van der Waals surface area contributed by atoms with E-state index in [0.29, 0.717) is 6.42 Å². The second-order valence-corrected chi connectivity index (χ2v) is 5.25. The van der Waals surface area contributed by atoms with Crippen LogP contribution >= 0.6 is 0 Å². The number of nitrogens with zero attached hydrogens (tertiary/aromatic N) is 1. The van der Waals surface area contributed by atoms with Gasteiger partial charge in [-0.15, -0.1) is 0 Å². The maximum atomic E-state index is 12.1. The Morgan fingerprint density at radius 3 is 2.71 bits per heavy atom. The van der Waals surface area contributed by atoms with E-state index >= 15 is 0 Å². The summed E-state index contributed by atoms with van der Waals surface area (Å²) in [5, 5.41) is 0. The number of amides is 1. The first-order chi connectivity index (χ1) is 7.88. The zero-order chi connectivity index (χ0) is 12.6. The number of hydrogen-bond donors (Lipinski definition) is 1. The predicted octanol–water partition coefficient (Wildman–Crippen LogP) is 2.27. The minimum absolute atomic E-state index is 0.331. The number of fused-ring (bicyclic) bond motifs is 1. The van der Waals surface area contributed by atoms with Crippen LogP contribution in [0, 0.1) is 0 Å². The molecule has 2 rings (SSSR count). The first kappa shape index (κ1) is 11.9. The molecule has 1 heterocycles. The lowest BCUT2D eigenvalue weighted by molar-refractivity contribution is 0.0571. The van der Waals surface area contributed by atoms with Crippen molar-refractivity contribution >= 4 is 11.8 Å². The van der Waals surface area contributed by atoms with Crippen molar-refractivity contribution in [2.75, 3.05) is 4.90 Å². The number of rotatable bonds is 0. The van der Waals surface area contributed by atoms with E-state index in [1.165, 1.54) is 4.90 Å². The van der Waals surface area contributed by atoms with Gasteiger partial charge in [0, 0.05) is 6.42 Å². The van der Waals surface area contributed by atoms with Crippen molar-refractivity contribution in [3.63, 3.8) is 0 Å². The topological polar surface area (TPSA) is 55.6 Å². The first-order valence-corrected chi connectivity index (χ1v) is 5.74. The summed E-state index contributed by atoms with van der Waals surface area (Å²) in [4.78, 5) is 13.6. The van der Waals surface area contributed by atoms with Crippen LogP contribution in [0.2, 0.25) is 0 Å². The summed E-state index contributed by atoms with van der Waals surface area (Å²) in [6.45, 7) is 5.54. The van der Waals surface area contributed by atoms with Gasteiger partial charge in [-0.2, -0.15) is 0 Å². The normalized spacial score (nSPS) is 19.1. The van der Waals surface area contributed by atoms with Crippen molar-refractivity contribution in [2.45, 2.75) is 39.0 Å². The van der Waals surface area contributed by atoms with Gasteiger partial charge in [-0.05, 0) is 32.4 Å². The van der Waals surface area contributed by atoms with E-state index in [-0.39, 0.29) is 12.3 Å². The number of carbonyl (C=O) groups is 1. The number of nitrogens with two attached hydrogens (primary N) is 1. The molecule has 0 fully saturated rings. The third kappa shape index (κ3) is 2.42. The highest BCUT2D eigenvalue weighted by Gasteiger charge is 2.34. The molecule has 1 atom stereocenters. The van der Waals surface area contributed by atoms with Crippen LogP contribution in [0.1, 0.15) is 26.3 Å². The summed E-state index contributed by atoms with van der Waals surface area (Å²) in [5.74, 6) is 0. The highest BCUT2D eigenvalue weighted by Crippen LogP contribution is 2.31. The summed E-state index contributed by atoms with van der Waals surface area (Å²) in [7, 11) is 0. The molecule has 0 radical (unpaired) electrons. The number of benzene rings is 1. The van der Waals surface area contributed by atoms with Gasteiger partial charge in [0.05, 0.1) is 11.9 Å². The lowest BCUT2D eigenvalue weighted by Gasteiger charge is -2.27. The van der Waals surface area contributed by atoms with Gasteiger partial charge in [0.25, 0.3) is 0 Å². The Morgan fingerprint density at radius 1 is 1.41 bits per heavy atom. The Morgan fingerprint density at radius 2 is 2.06 bits per heavy atom. The van der Waals surface area contributed by atoms with Crippen molar-refractivity contribution in [3.8, 4) is 0 Å². The molecule has 0 bridgehead atoms. The summed E-state index contributed by atoms with van der Waals surface area (Å²) in [6.07, 6.45) is -0.0349. The molecule has 1 unspecified atom stereocenters. The highest BCUT2D eigenvalue weighted by atomic mass is 16.6. The lowest BCUT2D eigenvalue weighted by Crippen LogP contribution is -2.45. The number of carbonyl (C=O) groups excluding carboxylic acids is 1. The molecule has 4 nitrogen and oxygen atoms in total. The predicted molar refractivity (Wildman–Crippen MR) is 66.8 cm³/mol. The molecule has 4 heteroatoms. The molecular weight excluding hydrogens is 216 g/mol. The Hall–Kier alpha value is -1.55. The molecule has 0 aromatic heterocycles. The van der Waals surface area contributed by atoms with E-state index in [0.717, 1.165) is 11.3 Å². The molecule has 2 N–H and O–H groups in total. The Balaban J connectivity index is 2.25. The van der Waals surface area contributed by atoms with Crippen LogP contribution in [-0.2, 0) is 11.2 Å². The number of anilines is 1. The molecule has 92 valence electrons. The lowest BCUT2D eigenvalue weighted by atomic mass is 10.2. The van der Waals surface area contributed by atoms with Crippen molar-refractivity contribution in [2.24, 2.45) is 5.73 Å². The maximum Gasteiger partial charge on any atom is 0.416 e. The summed E-state index contributed by atoms with van der Waals surface area (Å²) in [5.41, 5.74) is 7.41. The van der Waals surface area contributed by atoms with Crippen molar-refractivity contribution in [1.29, 1.82) is 0 Å². The van der Waals surface area contributed by atoms with Crippen LogP contribution in [0.4, 0.5) is 10.5 Å². The molecular formula is C13H18N2O2. The fourth-order valence-electron chi connectivity index (χ4n) is 1.96. The van der Waals surface area contributed by atoms with Gasteiger partial charge in [0.2, 0.25) is 0 Å². The fourth-order valence-corrected chi connectivity index (χ4v) is 1.96. The molecule has 1 aliphatic heterocycles. The summed E-state index contributed by atoms with van der Waals surface area (Å²) in [6, 6.07) is 7.73. The average Bonchev–Trinajstić information content (AvgIpc) is 2.50. The van der Waals surface area contributed by atoms with Crippen LogP contribution in [0.5, 0.6) is 0 Å². The Bertz CT molecular complexity index is 437. The molecule has 0 saturated heterocycles. The molecule has 0 spiro atoms. The number of ether oxygens (including phenoxy) is 1. The van der Waals surface area contributed by atoms with E-state index in [1.54, 1.807) is 0 Å². The minimum Gasteiger partial charge on any atom is -0.443 e. The maximum absolute atomic E-state index is 12.1. The van der Waals surface area contributed by atoms with Gasteiger partial charge in [0.15, 0.2) is 0 Å². The van der Waals surface area contributed by atoms with Gasteiger partial charge >= 0.3 is 6.09 Å². The second kappa shape index (κ2) is 4.04. The quantitative estimate of drug-likeness (QED) is 0.749. The van der Waals surface area contributed by atoms with Crippen molar-refractivity contribution < 1.29 is 9.53 Å². The van der Waals surface area contributed by atoms with Gasteiger partial charge in [-0.1, -0.05) is 18.2 Å². The Labute approximate surface area is 101 Å². The van der Waals surface area contributed by atoms with Gasteiger partial charge < -0.3 is 10.5 Å². The SMILES string of the molecule is CC(C)(C)OC(=O)N1c2ccccc2CC1N. The molecule has 0 saturated carbocycles. The summed E-state index contributed by atoms with van der Waals surface area (Å²) >= 11 is 0. The molecule has 17 heavy (non-hydrogen) atoms. The van der Waals surface area contributed by atoms with Crippen LogP contribution < -0.4 is 10.6 Å². The van der Waals surface area contributed by atoms with Gasteiger partial charge in [-0.3, -0.25) is 4.90 Å². The zero-order valence-corrected chi connectivity index (χ0v) is 10.4. The molecule has 1 aromatic rings. The summed E-state index contributed by atoms with van der Waals surface area (Å²) < 4.78 is 5.36. The minimum atomic E-state index is -0.506. The largest absolute Gasteiger partial charge is 0.443 e. The molecule has 1 aromatic carbocycles. The van der Waals surface area contributed by atoms with Crippen molar-refractivity contribution in [1.82, 2.24) is 0 Å². The molecule has 0 aliphatic carbocycles. The van der Waals surface area contributed by atoms with E-state index in [9.17, 15) is 4.79 Å². The smallest absolute Gasteiger partial charge is 0.416 e. The van der Waals surface area contributed by atoms with Crippen LogP contribution in [0.15, 0.2) is 24.3 Å².